The van der Waals surface area contributed by atoms with Crippen molar-refractivity contribution >= 4 is 50.2 Å². The summed E-state index contributed by atoms with van der Waals surface area (Å²) in [6.45, 7) is 7.73. The quantitative estimate of drug-likeness (QED) is 0.439. The predicted octanol–water partition coefficient (Wildman–Crippen LogP) is 3.38. The largest absolute Gasteiger partial charge is 0.378 e. The lowest BCUT2D eigenvalue weighted by Gasteiger charge is -2.25. The first-order chi connectivity index (χ1) is 14.2. The third kappa shape index (κ3) is 4.52. The second kappa shape index (κ2) is 9.06. The topological polar surface area (TPSA) is 71.5 Å². The number of anilines is 2. The number of thioether (sulfide) groups is 1. The molecule has 3 heterocycles. The lowest BCUT2D eigenvalue weighted by atomic mass is 10.2. The highest BCUT2D eigenvalue weighted by Gasteiger charge is 2.20. The summed E-state index contributed by atoms with van der Waals surface area (Å²) in [5.41, 5.74) is 2.75. The summed E-state index contributed by atoms with van der Waals surface area (Å²) in [4.78, 5) is 30.3. The van der Waals surface area contributed by atoms with Crippen molar-refractivity contribution < 1.29 is 9.53 Å². The molecule has 0 unspecified atom stereocenters. The molecule has 1 aliphatic heterocycles. The van der Waals surface area contributed by atoms with Gasteiger partial charge in [-0.2, -0.15) is 4.98 Å². The highest BCUT2D eigenvalue weighted by Crippen LogP contribution is 2.34. The minimum Gasteiger partial charge on any atom is -0.378 e. The molecule has 3 aromatic rings. The number of hydrogen-bond acceptors (Lipinski definition) is 8. The molecule has 4 rings (SSSR count). The van der Waals surface area contributed by atoms with Crippen LogP contribution in [0.3, 0.4) is 0 Å². The third-order valence-electron chi connectivity index (χ3n) is 4.69. The summed E-state index contributed by atoms with van der Waals surface area (Å²) in [5, 5.41) is 1.74. The van der Waals surface area contributed by atoms with Gasteiger partial charge in [-0.3, -0.25) is 4.79 Å². The van der Waals surface area contributed by atoms with Crippen LogP contribution >= 0.6 is 23.1 Å². The minimum atomic E-state index is 0.0628. The maximum atomic E-state index is 12.9. The number of benzene rings is 1. The first-order valence-corrected chi connectivity index (χ1v) is 11.4. The van der Waals surface area contributed by atoms with E-state index in [9.17, 15) is 4.79 Å². The van der Waals surface area contributed by atoms with Gasteiger partial charge in [-0.1, -0.05) is 35.2 Å². The molecule has 1 aliphatic rings. The lowest BCUT2D eigenvalue weighted by molar-refractivity contribution is -0.116. The number of aryl methyl sites for hydroxylation is 1. The molecular formula is C20H23N5O2S2. The zero-order chi connectivity index (χ0) is 20.2. The molecule has 0 atom stereocenters. The maximum absolute atomic E-state index is 12.9. The average molecular weight is 430 g/mol. The summed E-state index contributed by atoms with van der Waals surface area (Å²) in [6.07, 6.45) is 1.52. The average Bonchev–Trinajstić information content (AvgIpc) is 3.18. The van der Waals surface area contributed by atoms with Crippen LogP contribution in [0.25, 0.3) is 10.3 Å². The van der Waals surface area contributed by atoms with Crippen LogP contribution in [0.1, 0.15) is 12.5 Å². The number of carbonyl (C=O) groups is 1. The van der Waals surface area contributed by atoms with Crippen LogP contribution in [0.5, 0.6) is 0 Å². The summed E-state index contributed by atoms with van der Waals surface area (Å²) in [5.74, 6) is 0.381. The van der Waals surface area contributed by atoms with Gasteiger partial charge in [0.05, 0.1) is 19.0 Å². The van der Waals surface area contributed by atoms with Crippen molar-refractivity contribution in [2.75, 3.05) is 48.4 Å². The van der Waals surface area contributed by atoms with E-state index in [1.54, 1.807) is 11.3 Å². The van der Waals surface area contributed by atoms with Crippen LogP contribution in [0.4, 0.5) is 10.8 Å². The fraction of sp³-hybridized carbons (Fsp3) is 0.400. The smallest absolute Gasteiger partial charge is 0.237 e. The summed E-state index contributed by atoms with van der Waals surface area (Å²) >= 11 is 3.03. The Balaban J connectivity index is 1.50. The minimum absolute atomic E-state index is 0.0628. The zero-order valence-corrected chi connectivity index (χ0v) is 18.1. The van der Waals surface area contributed by atoms with E-state index in [4.69, 9.17) is 4.74 Å². The maximum Gasteiger partial charge on any atom is 0.237 e. The first-order valence-electron chi connectivity index (χ1n) is 9.59. The molecule has 1 fully saturated rings. The molecule has 1 saturated heterocycles. The summed E-state index contributed by atoms with van der Waals surface area (Å²) < 4.78 is 6.36. The van der Waals surface area contributed by atoms with Gasteiger partial charge in [0, 0.05) is 25.3 Å². The van der Waals surface area contributed by atoms with Gasteiger partial charge in [-0.25, -0.2) is 9.97 Å². The number of nitrogens with zero attached hydrogens (tertiary/aromatic N) is 5. The molecule has 1 aromatic carbocycles. The highest BCUT2D eigenvalue weighted by atomic mass is 32.2. The Labute approximate surface area is 178 Å². The standard InChI is InChI=1S/C20H23N5O2S2/c1-3-25(15-6-4-5-14(2)11-15)16(26)12-28-19-17-18(21-13-22-19)23-20(29-17)24-7-9-27-10-8-24/h4-6,11,13H,3,7-10,12H2,1-2H3. The number of morpholine rings is 1. The lowest BCUT2D eigenvalue weighted by Crippen LogP contribution is -2.36. The Morgan fingerprint density at radius 1 is 1.31 bits per heavy atom. The van der Waals surface area contributed by atoms with Gasteiger partial charge in [-0.15, -0.1) is 0 Å². The number of ether oxygens (including phenoxy) is 1. The van der Waals surface area contributed by atoms with Crippen LogP contribution in [0.2, 0.25) is 0 Å². The number of aromatic nitrogens is 3. The summed E-state index contributed by atoms with van der Waals surface area (Å²) in [7, 11) is 0. The molecule has 0 radical (unpaired) electrons. The van der Waals surface area contributed by atoms with Crippen molar-refractivity contribution in [2.24, 2.45) is 0 Å². The normalized spacial score (nSPS) is 14.3. The van der Waals surface area contributed by atoms with Gasteiger partial charge in [0.25, 0.3) is 0 Å². The van der Waals surface area contributed by atoms with E-state index in [2.05, 4.69) is 19.9 Å². The number of hydrogen-bond donors (Lipinski definition) is 0. The molecule has 0 aliphatic carbocycles. The van der Waals surface area contributed by atoms with E-state index >= 15 is 0 Å². The molecule has 1 amide bonds. The van der Waals surface area contributed by atoms with E-state index in [0.717, 1.165) is 39.2 Å². The molecule has 9 heteroatoms. The second-order valence-electron chi connectivity index (χ2n) is 6.69. The highest BCUT2D eigenvalue weighted by molar-refractivity contribution is 8.00. The molecule has 2 aromatic heterocycles. The number of amides is 1. The first kappa shape index (κ1) is 20.1. The molecule has 29 heavy (non-hydrogen) atoms. The van der Waals surface area contributed by atoms with E-state index in [1.165, 1.54) is 18.1 Å². The Bertz CT molecular complexity index is 1000. The molecule has 0 N–H and O–H groups in total. The summed E-state index contributed by atoms with van der Waals surface area (Å²) in [6, 6.07) is 8.02. The van der Waals surface area contributed by atoms with Gasteiger partial charge in [0.2, 0.25) is 5.91 Å². The van der Waals surface area contributed by atoms with E-state index in [1.807, 2.05) is 43.0 Å². The third-order valence-corrected chi connectivity index (χ3v) is 6.91. The Morgan fingerprint density at radius 3 is 2.90 bits per heavy atom. The van der Waals surface area contributed by atoms with Gasteiger partial charge in [0.15, 0.2) is 10.8 Å². The fourth-order valence-corrected chi connectivity index (χ4v) is 5.24. The molecule has 7 nitrogen and oxygen atoms in total. The van der Waals surface area contributed by atoms with E-state index < -0.39 is 0 Å². The van der Waals surface area contributed by atoms with Crippen LogP contribution in [0, 0.1) is 6.92 Å². The Morgan fingerprint density at radius 2 is 2.14 bits per heavy atom. The van der Waals surface area contributed by atoms with Crippen LogP contribution in [-0.2, 0) is 9.53 Å². The van der Waals surface area contributed by atoms with Gasteiger partial charge in [0.1, 0.15) is 16.1 Å². The second-order valence-corrected chi connectivity index (χ2v) is 8.63. The van der Waals surface area contributed by atoms with Crippen molar-refractivity contribution in [1.29, 1.82) is 0 Å². The SMILES string of the molecule is CCN(C(=O)CSc1ncnc2nc(N3CCOCC3)sc12)c1cccc(C)c1. The Kier molecular flexibility index (Phi) is 6.27. The number of fused-ring (bicyclic) bond motifs is 1. The Hall–Kier alpha value is -2.23. The van der Waals surface area contributed by atoms with Gasteiger partial charge >= 0.3 is 0 Å². The van der Waals surface area contributed by atoms with Crippen molar-refractivity contribution in [3.05, 3.63) is 36.2 Å². The van der Waals surface area contributed by atoms with Crippen molar-refractivity contribution in [1.82, 2.24) is 15.0 Å². The van der Waals surface area contributed by atoms with Crippen LogP contribution in [-0.4, -0.2) is 59.5 Å². The van der Waals surface area contributed by atoms with E-state index in [-0.39, 0.29) is 5.91 Å². The van der Waals surface area contributed by atoms with Gasteiger partial charge < -0.3 is 14.5 Å². The van der Waals surface area contributed by atoms with Crippen molar-refractivity contribution in [2.45, 2.75) is 18.9 Å². The fourth-order valence-electron chi connectivity index (χ4n) is 3.22. The van der Waals surface area contributed by atoms with Crippen LogP contribution < -0.4 is 9.80 Å². The molecular weight excluding hydrogens is 406 g/mol. The van der Waals surface area contributed by atoms with Gasteiger partial charge in [-0.05, 0) is 31.5 Å². The van der Waals surface area contributed by atoms with Crippen LogP contribution in [0.15, 0.2) is 35.6 Å². The molecule has 0 spiro atoms. The molecule has 0 bridgehead atoms. The predicted molar refractivity (Wildman–Crippen MR) is 118 cm³/mol. The molecule has 0 saturated carbocycles. The zero-order valence-electron chi connectivity index (χ0n) is 16.5. The molecule has 152 valence electrons. The number of rotatable bonds is 6. The van der Waals surface area contributed by atoms with E-state index in [0.29, 0.717) is 31.2 Å². The van der Waals surface area contributed by atoms with Crippen molar-refractivity contribution in [3.8, 4) is 0 Å². The monoisotopic (exact) mass is 429 g/mol. The van der Waals surface area contributed by atoms with Crippen molar-refractivity contribution in [3.63, 3.8) is 0 Å². The number of thiazole rings is 1. The number of carbonyl (C=O) groups excluding carboxylic acids is 1.